The quantitative estimate of drug-likeness (QED) is 0.839. The molecular weight excluding hydrogens is 268 g/mol. The molecule has 4 heteroatoms. The van der Waals surface area contributed by atoms with Gasteiger partial charge in [-0.1, -0.05) is 23.7 Å². The monoisotopic (exact) mass is 279 g/mol. The third kappa shape index (κ3) is 2.30. The minimum Gasteiger partial charge on any atom is -0.376 e. The van der Waals surface area contributed by atoms with E-state index in [0.29, 0.717) is 5.69 Å². The Labute approximate surface area is 115 Å². The summed E-state index contributed by atoms with van der Waals surface area (Å²) in [5, 5.41) is 3.24. The first-order valence-electron chi connectivity index (χ1n) is 6.14. The van der Waals surface area contributed by atoms with Crippen molar-refractivity contribution >= 4 is 17.3 Å². The molecule has 0 saturated heterocycles. The number of aryl methyl sites for hydroxylation is 1. The van der Waals surface area contributed by atoms with Crippen LogP contribution in [0.4, 0.5) is 14.5 Å². The lowest BCUT2D eigenvalue weighted by atomic mass is 10.1. The maximum atomic E-state index is 13.8. The Morgan fingerprint density at radius 1 is 1.16 bits per heavy atom. The van der Waals surface area contributed by atoms with E-state index in [4.69, 9.17) is 11.6 Å². The van der Waals surface area contributed by atoms with Gasteiger partial charge in [-0.25, -0.2) is 8.78 Å². The zero-order chi connectivity index (χ0) is 13.4. The fraction of sp³-hybridized carbons (Fsp3) is 0.200. The van der Waals surface area contributed by atoms with E-state index < -0.39 is 5.82 Å². The molecule has 2 aromatic carbocycles. The average molecular weight is 280 g/mol. The minimum atomic E-state index is -0.445. The molecule has 0 heterocycles. The number of benzene rings is 2. The van der Waals surface area contributed by atoms with Crippen molar-refractivity contribution in [3.63, 3.8) is 0 Å². The van der Waals surface area contributed by atoms with Gasteiger partial charge in [0.05, 0.1) is 16.8 Å². The Balaban J connectivity index is 1.89. The number of fused-ring (bicyclic) bond motifs is 1. The topological polar surface area (TPSA) is 12.0 Å². The molecule has 0 aliphatic heterocycles. The molecule has 98 valence electrons. The second-order valence-corrected chi connectivity index (χ2v) is 5.09. The Hall–Kier alpha value is -1.61. The summed E-state index contributed by atoms with van der Waals surface area (Å²) in [5.74, 6) is -0.673. The highest BCUT2D eigenvalue weighted by molar-refractivity contribution is 6.31. The van der Waals surface area contributed by atoms with E-state index >= 15 is 0 Å². The molecule has 0 amide bonds. The van der Waals surface area contributed by atoms with Crippen LogP contribution in [0.3, 0.4) is 0 Å². The van der Waals surface area contributed by atoms with Crippen molar-refractivity contribution in [3.05, 3.63) is 64.2 Å². The van der Waals surface area contributed by atoms with Gasteiger partial charge in [-0.3, -0.25) is 0 Å². The highest BCUT2D eigenvalue weighted by Crippen LogP contribution is 2.35. The highest BCUT2D eigenvalue weighted by Gasteiger charge is 2.23. The lowest BCUT2D eigenvalue weighted by molar-refractivity contribution is 0.624. The van der Waals surface area contributed by atoms with Gasteiger partial charge in [0.25, 0.3) is 0 Å². The van der Waals surface area contributed by atoms with Gasteiger partial charge in [0.15, 0.2) is 5.82 Å². The van der Waals surface area contributed by atoms with Crippen molar-refractivity contribution < 1.29 is 8.78 Å². The van der Waals surface area contributed by atoms with Crippen LogP contribution < -0.4 is 5.32 Å². The fourth-order valence-electron chi connectivity index (χ4n) is 2.54. The van der Waals surface area contributed by atoms with Crippen molar-refractivity contribution in [1.82, 2.24) is 0 Å². The summed E-state index contributed by atoms with van der Waals surface area (Å²) >= 11 is 5.76. The van der Waals surface area contributed by atoms with E-state index in [1.54, 1.807) is 24.3 Å². The Morgan fingerprint density at radius 3 is 2.84 bits per heavy atom. The molecule has 1 aliphatic rings. The first kappa shape index (κ1) is 12.4. The molecule has 19 heavy (non-hydrogen) atoms. The van der Waals surface area contributed by atoms with Crippen LogP contribution in [0.5, 0.6) is 0 Å². The zero-order valence-electron chi connectivity index (χ0n) is 10.1. The summed E-state index contributed by atoms with van der Waals surface area (Å²) < 4.78 is 27.0. The Bertz CT molecular complexity index is 628. The summed E-state index contributed by atoms with van der Waals surface area (Å²) in [6.07, 6.45) is 1.62. The third-order valence-electron chi connectivity index (χ3n) is 3.46. The van der Waals surface area contributed by atoms with Crippen LogP contribution in [0.1, 0.15) is 23.6 Å². The maximum Gasteiger partial charge on any atom is 0.164 e. The van der Waals surface area contributed by atoms with Crippen molar-refractivity contribution in [3.8, 4) is 0 Å². The second-order valence-electron chi connectivity index (χ2n) is 4.68. The first-order chi connectivity index (χ1) is 9.15. The molecule has 1 aliphatic carbocycles. The second kappa shape index (κ2) is 4.82. The summed E-state index contributed by atoms with van der Waals surface area (Å²) in [6, 6.07) is 9.62. The number of rotatable bonds is 2. The lowest BCUT2D eigenvalue weighted by Crippen LogP contribution is -2.08. The summed E-state index contributed by atoms with van der Waals surface area (Å²) in [6.45, 7) is 0. The van der Waals surface area contributed by atoms with E-state index in [0.717, 1.165) is 24.0 Å². The van der Waals surface area contributed by atoms with Crippen LogP contribution in [0.15, 0.2) is 36.4 Å². The standard InChI is InChI=1S/C15H12ClF2N/c16-12-2-1-3-14(15(12)18)19-13-7-4-9-8-10(17)5-6-11(9)13/h1-3,5-6,8,13,19H,4,7H2. The molecule has 0 spiro atoms. The molecule has 3 rings (SSSR count). The predicted molar refractivity (Wildman–Crippen MR) is 72.5 cm³/mol. The van der Waals surface area contributed by atoms with Crippen molar-refractivity contribution in [2.24, 2.45) is 0 Å². The largest absolute Gasteiger partial charge is 0.376 e. The molecule has 1 atom stereocenters. The summed E-state index contributed by atoms with van der Waals surface area (Å²) in [4.78, 5) is 0. The number of halogens is 3. The Morgan fingerprint density at radius 2 is 2.00 bits per heavy atom. The molecule has 1 nitrogen and oxygen atoms in total. The molecule has 0 fully saturated rings. The number of hydrogen-bond donors (Lipinski definition) is 1. The van der Waals surface area contributed by atoms with E-state index in [-0.39, 0.29) is 16.9 Å². The lowest BCUT2D eigenvalue weighted by Gasteiger charge is -2.16. The molecular formula is C15H12ClF2N. The van der Waals surface area contributed by atoms with Gasteiger partial charge in [0.2, 0.25) is 0 Å². The summed E-state index contributed by atoms with van der Waals surface area (Å²) in [7, 11) is 0. The number of hydrogen-bond acceptors (Lipinski definition) is 1. The van der Waals surface area contributed by atoms with Gasteiger partial charge in [0.1, 0.15) is 5.82 Å². The van der Waals surface area contributed by atoms with Gasteiger partial charge in [-0.2, -0.15) is 0 Å². The van der Waals surface area contributed by atoms with Gasteiger partial charge in [-0.15, -0.1) is 0 Å². The van der Waals surface area contributed by atoms with Crippen LogP contribution >= 0.6 is 11.6 Å². The first-order valence-corrected chi connectivity index (χ1v) is 6.52. The Kier molecular flexibility index (Phi) is 3.15. The minimum absolute atomic E-state index is 0.00330. The number of nitrogens with one attached hydrogen (secondary N) is 1. The van der Waals surface area contributed by atoms with Crippen LogP contribution in [-0.2, 0) is 6.42 Å². The van der Waals surface area contributed by atoms with Crippen LogP contribution in [0.25, 0.3) is 0 Å². The molecule has 0 bridgehead atoms. The molecule has 2 aromatic rings. The van der Waals surface area contributed by atoms with Crippen molar-refractivity contribution in [1.29, 1.82) is 0 Å². The number of anilines is 1. The van der Waals surface area contributed by atoms with Gasteiger partial charge < -0.3 is 5.32 Å². The normalized spacial score (nSPS) is 17.3. The smallest absolute Gasteiger partial charge is 0.164 e. The van der Waals surface area contributed by atoms with Gasteiger partial charge in [0, 0.05) is 0 Å². The van der Waals surface area contributed by atoms with Gasteiger partial charge >= 0.3 is 0 Å². The van der Waals surface area contributed by atoms with E-state index in [9.17, 15) is 8.78 Å². The maximum absolute atomic E-state index is 13.8. The molecule has 0 saturated carbocycles. The zero-order valence-corrected chi connectivity index (χ0v) is 10.8. The van der Waals surface area contributed by atoms with Crippen LogP contribution in [-0.4, -0.2) is 0 Å². The average Bonchev–Trinajstić information content (AvgIpc) is 2.77. The molecule has 1 N–H and O–H groups in total. The molecule has 0 radical (unpaired) electrons. The van der Waals surface area contributed by atoms with Gasteiger partial charge in [-0.05, 0) is 48.2 Å². The predicted octanol–water partition coefficient (Wildman–Crippen LogP) is 4.72. The van der Waals surface area contributed by atoms with E-state index in [2.05, 4.69) is 5.32 Å². The fourth-order valence-corrected chi connectivity index (χ4v) is 2.71. The van der Waals surface area contributed by atoms with Crippen LogP contribution in [0, 0.1) is 11.6 Å². The highest BCUT2D eigenvalue weighted by atomic mass is 35.5. The van der Waals surface area contributed by atoms with Crippen molar-refractivity contribution in [2.45, 2.75) is 18.9 Å². The molecule has 0 aromatic heterocycles. The van der Waals surface area contributed by atoms with E-state index in [1.807, 2.05) is 0 Å². The SMILES string of the molecule is Fc1ccc2c(c1)CCC2Nc1cccc(Cl)c1F. The summed E-state index contributed by atoms with van der Waals surface area (Å²) in [5.41, 5.74) is 2.40. The van der Waals surface area contributed by atoms with Crippen molar-refractivity contribution in [2.75, 3.05) is 5.32 Å². The molecule has 1 unspecified atom stereocenters. The van der Waals surface area contributed by atoms with E-state index in [1.165, 1.54) is 12.1 Å². The third-order valence-corrected chi connectivity index (χ3v) is 3.76. The van der Waals surface area contributed by atoms with Crippen LogP contribution in [0.2, 0.25) is 5.02 Å².